The van der Waals surface area contributed by atoms with E-state index >= 15 is 0 Å². The van der Waals surface area contributed by atoms with E-state index in [0.717, 1.165) is 32.1 Å². The number of carbonyl (C=O) groups is 2. The van der Waals surface area contributed by atoms with E-state index in [0.29, 0.717) is 40.2 Å². The predicted molar refractivity (Wildman–Crippen MR) is 138 cm³/mol. The molecule has 3 aliphatic rings. The Morgan fingerprint density at radius 3 is 2.45 bits per heavy atom. The van der Waals surface area contributed by atoms with E-state index in [9.17, 15) is 9.59 Å². The number of rotatable bonds is 6. The molecule has 198 valence electrons. The summed E-state index contributed by atoms with van der Waals surface area (Å²) >= 11 is 0. The number of aryl methyl sites for hydroxylation is 1. The van der Waals surface area contributed by atoms with Gasteiger partial charge in [0, 0.05) is 17.8 Å². The summed E-state index contributed by atoms with van der Waals surface area (Å²) in [6.07, 6.45) is 4.12. The van der Waals surface area contributed by atoms with E-state index in [1.54, 1.807) is 49.4 Å². The second-order valence-corrected chi connectivity index (χ2v) is 9.80. The fourth-order valence-electron chi connectivity index (χ4n) is 5.24. The lowest BCUT2D eigenvalue weighted by atomic mass is 9.95. The Morgan fingerprint density at radius 1 is 0.895 bits per heavy atom. The van der Waals surface area contributed by atoms with Crippen molar-refractivity contribution in [3.8, 4) is 23.0 Å². The molecule has 0 saturated heterocycles. The highest BCUT2D eigenvalue weighted by atomic mass is 16.7. The molecule has 0 bridgehead atoms. The number of nitrogens with one attached hydrogen (secondary N) is 1. The molecule has 1 fully saturated rings. The van der Waals surface area contributed by atoms with Gasteiger partial charge in [-0.2, -0.15) is 0 Å². The number of anilines is 1. The Bertz CT molecular complexity index is 1330. The number of hydrogen-bond acceptors (Lipinski definition) is 7. The lowest BCUT2D eigenvalue weighted by molar-refractivity contribution is -0.132. The van der Waals surface area contributed by atoms with Gasteiger partial charge in [-0.3, -0.25) is 14.5 Å². The number of ether oxygens (including phenoxy) is 4. The van der Waals surface area contributed by atoms with Crippen LogP contribution in [0.15, 0.2) is 59.0 Å². The Balaban J connectivity index is 1.39. The molecule has 9 nitrogen and oxygen atoms in total. The molecule has 1 aliphatic carbocycles. The Hall–Kier alpha value is -4.14. The smallest absolute Gasteiger partial charge is 0.272 e. The predicted octanol–water partition coefficient (Wildman–Crippen LogP) is 4.68. The number of nitrogens with zero attached hydrogens (tertiary/aromatic N) is 1. The molecule has 2 amide bonds. The van der Waals surface area contributed by atoms with Crippen molar-refractivity contribution < 1.29 is 33.0 Å². The van der Waals surface area contributed by atoms with E-state index in [1.807, 2.05) is 12.1 Å². The molecule has 38 heavy (non-hydrogen) atoms. The van der Waals surface area contributed by atoms with Gasteiger partial charge in [-0.25, -0.2) is 0 Å². The number of fused-ring (bicyclic) bond motifs is 2. The van der Waals surface area contributed by atoms with Gasteiger partial charge in [0.2, 0.25) is 12.9 Å². The number of amides is 2. The van der Waals surface area contributed by atoms with Crippen LogP contribution in [0.5, 0.6) is 23.0 Å². The zero-order valence-corrected chi connectivity index (χ0v) is 21.2. The van der Waals surface area contributed by atoms with Crippen LogP contribution < -0.4 is 29.2 Å². The highest BCUT2D eigenvalue weighted by Gasteiger charge is 2.41. The van der Waals surface area contributed by atoms with Crippen molar-refractivity contribution >= 4 is 17.5 Å². The average Bonchev–Trinajstić information content (AvgIpc) is 3.59. The second kappa shape index (κ2) is 10.3. The molecule has 3 aromatic rings. The van der Waals surface area contributed by atoms with Crippen molar-refractivity contribution in [3.63, 3.8) is 0 Å². The molecule has 2 aliphatic heterocycles. The largest absolute Gasteiger partial charge is 0.485 e. The number of para-hydroxylation sites is 2. The SMILES string of the molecule is Cc1ccc([C@H](C(=O)NC2CCCCC2)N(C(=O)[C@H]2COc3ccccc3O2)c2ccc3c(c2)OCO3)o1. The first-order chi connectivity index (χ1) is 18.6. The Labute approximate surface area is 220 Å². The number of hydrogen-bond donors (Lipinski definition) is 1. The molecule has 0 radical (unpaired) electrons. The third-order valence-corrected chi connectivity index (χ3v) is 7.14. The van der Waals surface area contributed by atoms with Crippen LogP contribution in [0.3, 0.4) is 0 Å². The maximum absolute atomic E-state index is 14.3. The molecule has 9 heteroatoms. The van der Waals surface area contributed by atoms with Crippen LogP contribution in [0.1, 0.15) is 49.7 Å². The Kier molecular flexibility index (Phi) is 6.57. The van der Waals surface area contributed by atoms with Gasteiger partial charge >= 0.3 is 0 Å². The summed E-state index contributed by atoms with van der Waals surface area (Å²) in [4.78, 5) is 29.6. The van der Waals surface area contributed by atoms with Crippen molar-refractivity contribution in [2.24, 2.45) is 0 Å². The summed E-state index contributed by atoms with van der Waals surface area (Å²) in [6.45, 7) is 1.90. The molecule has 3 heterocycles. The van der Waals surface area contributed by atoms with Gasteiger partial charge in [0.05, 0.1) is 0 Å². The van der Waals surface area contributed by atoms with E-state index in [1.165, 1.54) is 4.90 Å². The van der Waals surface area contributed by atoms with Crippen LogP contribution in [-0.4, -0.2) is 37.4 Å². The van der Waals surface area contributed by atoms with Gasteiger partial charge in [0.15, 0.2) is 29.0 Å². The minimum Gasteiger partial charge on any atom is -0.485 e. The molecule has 0 spiro atoms. The first-order valence-electron chi connectivity index (χ1n) is 13.0. The first kappa shape index (κ1) is 24.2. The molecule has 0 unspecified atom stereocenters. The molecule has 1 aromatic heterocycles. The lowest BCUT2D eigenvalue weighted by Crippen LogP contribution is -2.52. The van der Waals surface area contributed by atoms with Crippen molar-refractivity contribution in [1.29, 1.82) is 0 Å². The van der Waals surface area contributed by atoms with Crippen LogP contribution in [0, 0.1) is 6.92 Å². The van der Waals surface area contributed by atoms with Crippen molar-refractivity contribution in [3.05, 3.63) is 66.1 Å². The van der Waals surface area contributed by atoms with Crippen LogP contribution >= 0.6 is 0 Å². The van der Waals surface area contributed by atoms with Gasteiger partial charge < -0.3 is 28.7 Å². The van der Waals surface area contributed by atoms with Crippen LogP contribution in [0.2, 0.25) is 0 Å². The molecule has 1 saturated carbocycles. The topological polar surface area (TPSA) is 99.5 Å². The fraction of sp³-hybridized carbons (Fsp3) is 0.379. The molecule has 6 rings (SSSR count). The molecule has 2 aromatic carbocycles. The summed E-state index contributed by atoms with van der Waals surface area (Å²) in [6, 6.07) is 14.9. The summed E-state index contributed by atoms with van der Waals surface area (Å²) in [5, 5.41) is 3.18. The normalized spacial score (nSPS) is 19.0. The van der Waals surface area contributed by atoms with E-state index in [4.69, 9.17) is 23.4 Å². The third-order valence-electron chi connectivity index (χ3n) is 7.14. The second-order valence-electron chi connectivity index (χ2n) is 9.80. The van der Waals surface area contributed by atoms with E-state index in [-0.39, 0.29) is 25.3 Å². The number of furan rings is 1. The zero-order chi connectivity index (χ0) is 26.1. The van der Waals surface area contributed by atoms with Gasteiger partial charge in [-0.15, -0.1) is 0 Å². The Morgan fingerprint density at radius 2 is 1.66 bits per heavy atom. The van der Waals surface area contributed by atoms with Gasteiger partial charge in [-0.05, 0) is 56.2 Å². The van der Waals surface area contributed by atoms with E-state index < -0.39 is 18.1 Å². The molecular weight excluding hydrogens is 488 g/mol. The molecule has 1 N–H and O–H groups in total. The maximum atomic E-state index is 14.3. The minimum absolute atomic E-state index is 0.00501. The molecular formula is C29H30N2O7. The molecule has 2 atom stereocenters. The quantitative estimate of drug-likeness (QED) is 0.506. The summed E-state index contributed by atoms with van der Waals surface area (Å²) in [5.74, 6) is 2.36. The van der Waals surface area contributed by atoms with E-state index in [2.05, 4.69) is 5.32 Å². The van der Waals surface area contributed by atoms with Crippen LogP contribution in [0.25, 0.3) is 0 Å². The zero-order valence-electron chi connectivity index (χ0n) is 21.2. The number of carbonyl (C=O) groups excluding carboxylic acids is 2. The number of benzene rings is 2. The summed E-state index contributed by atoms with van der Waals surface area (Å²) < 4.78 is 29.0. The van der Waals surface area contributed by atoms with Crippen LogP contribution in [-0.2, 0) is 9.59 Å². The van der Waals surface area contributed by atoms with Gasteiger partial charge in [-0.1, -0.05) is 31.4 Å². The standard InChI is InChI=1S/C29H30N2O7/c1-18-11-13-24(37-18)27(28(32)30-19-7-3-2-4-8-19)31(20-12-14-22-25(15-20)36-17-35-22)29(33)26-16-34-21-9-5-6-10-23(21)38-26/h5-6,9-15,19,26-27H,2-4,7-8,16-17H2,1H3,(H,30,32)/t26-,27-/m1/s1. The maximum Gasteiger partial charge on any atom is 0.272 e. The summed E-state index contributed by atoms with van der Waals surface area (Å²) in [7, 11) is 0. The fourth-order valence-corrected chi connectivity index (χ4v) is 5.24. The minimum atomic E-state index is -1.07. The van der Waals surface area contributed by atoms with Crippen molar-refractivity contribution in [2.75, 3.05) is 18.3 Å². The van der Waals surface area contributed by atoms with Crippen LogP contribution in [0.4, 0.5) is 5.69 Å². The first-order valence-corrected chi connectivity index (χ1v) is 13.0. The van der Waals surface area contributed by atoms with Gasteiger partial charge in [0.1, 0.15) is 18.1 Å². The third kappa shape index (κ3) is 4.76. The highest BCUT2D eigenvalue weighted by Crippen LogP contribution is 2.40. The highest BCUT2D eigenvalue weighted by molar-refractivity contribution is 6.03. The van der Waals surface area contributed by atoms with Gasteiger partial charge in [0.25, 0.3) is 11.8 Å². The summed E-state index contributed by atoms with van der Waals surface area (Å²) in [5.41, 5.74) is 0.458. The monoisotopic (exact) mass is 518 g/mol. The van der Waals surface area contributed by atoms with Crippen molar-refractivity contribution in [1.82, 2.24) is 5.32 Å². The average molecular weight is 519 g/mol. The lowest BCUT2D eigenvalue weighted by Gasteiger charge is -2.35. The van der Waals surface area contributed by atoms with Crippen molar-refractivity contribution in [2.45, 2.75) is 57.2 Å².